The van der Waals surface area contributed by atoms with Crippen LogP contribution in [-0.4, -0.2) is 48.3 Å². The quantitative estimate of drug-likeness (QED) is 0.765. The van der Waals surface area contributed by atoms with Gasteiger partial charge in [0.05, 0.1) is 19.8 Å². The van der Waals surface area contributed by atoms with E-state index in [1.54, 1.807) is 0 Å². The second kappa shape index (κ2) is 9.65. The summed E-state index contributed by atoms with van der Waals surface area (Å²) in [5, 5.41) is 12.3. The van der Waals surface area contributed by atoms with Crippen LogP contribution in [0.4, 0.5) is 0 Å². The Morgan fingerprint density at radius 3 is 2.74 bits per heavy atom. The highest BCUT2D eigenvalue weighted by molar-refractivity contribution is 5.78. The van der Waals surface area contributed by atoms with Gasteiger partial charge in [-0.1, -0.05) is 30.7 Å². The van der Waals surface area contributed by atoms with Crippen LogP contribution in [0.5, 0.6) is 0 Å². The Hall–Kier alpha value is -1.43. The molecule has 1 unspecified atom stereocenters. The molecule has 5 nitrogen and oxygen atoms in total. The second-order valence-electron chi connectivity index (χ2n) is 6.03. The third-order valence-electron chi connectivity index (χ3n) is 4.29. The zero-order chi connectivity index (χ0) is 16.5. The molecule has 0 aromatic heterocycles. The van der Waals surface area contributed by atoms with E-state index in [-0.39, 0.29) is 18.6 Å². The molecule has 128 valence electrons. The summed E-state index contributed by atoms with van der Waals surface area (Å²) in [5.41, 5.74) is 2.22. The van der Waals surface area contributed by atoms with Gasteiger partial charge in [-0.3, -0.25) is 9.69 Å². The number of carbonyl (C=O) groups excluding carboxylic acids is 1. The minimum Gasteiger partial charge on any atom is -0.395 e. The number of nitrogens with zero attached hydrogens (tertiary/aromatic N) is 1. The van der Waals surface area contributed by atoms with Crippen molar-refractivity contribution in [3.8, 4) is 0 Å². The first-order valence-electron chi connectivity index (χ1n) is 8.50. The largest absolute Gasteiger partial charge is 0.395 e. The molecule has 1 amide bonds. The molecule has 1 heterocycles. The van der Waals surface area contributed by atoms with Crippen molar-refractivity contribution in [2.75, 3.05) is 26.3 Å². The summed E-state index contributed by atoms with van der Waals surface area (Å²) in [4.78, 5) is 14.2. The molecule has 2 N–H and O–H groups in total. The van der Waals surface area contributed by atoms with Crippen LogP contribution < -0.4 is 5.32 Å². The van der Waals surface area contributed by atoms with E-state index in [4.69, 9.17) is 4.74 Å². The molecule has 1 aromatic rings. The minimum atomic E-state index is 0.0174. The molecule has 23 heavy (non-hydrogen) atoms. The van der Waals surface area contributed by atoms with Crippen LogP contribution in [0, 0.1) is 0 Å². The average molecular weight is 320 g/mol. The molecule has 2 rings (SSSR count). The molecule has 1 fully saturated rings. The first-order valence-corrected chi connectivity index (χ1v) is 8.50. The van der Waals surface area contributed by atoms with E-state index < -0.39 is 0 Å². The van der Waals surface area contributed by atoms with Gasteiger partial charge >= 0.3 is 0 Å². The number of amides is 1. The van der Waals surface area contributed by atoms with Crippen LogP contribution in [0.1, 0.15) is 37.3 Å². The number of ether oxygens (including phenoxy) is 1. The number of aliphatic hydroxyl groups is 1. The molecular formula is C18H28N2O3. The second-order valence-corrected chi connectivity index (χ2v) is 6.03. The Kier molecular flexibility index (Phi) is 7.52. The topological polar surface area (TPSA) is 61.8 Å². The van der Waals surface area contributed by atoms with Crippen molar-refractivity contribution in [3.05, 3.63) is 35.4 Å². The lowest BCUT2D eigenvalue weighted by molar-refractivity contribution is -0.123. The number of hydrogen-bond acceptors (Lipinski definition) is 4. The zero-order valence-electron chi connectivity index (χ0n) is 14.0. The van der Waals surface area contributed by atoms with E-state index in [1.807, 2.05) is 31.2 Å². The van der Waals surface area contributed by atoms with Crippen molar-refractivity contribution >= 4 is 5.91 Å². The summed E-state index contributed by atoms with van der Waals surface area (Å²) in [7, 11) is 0. The van der Waals surface area contributed by atoms with E-state index in [0.717, 1.165) is 36.9 Å². The predicted octanol–water partition coefficient (Wildman–Crippen LogP) is 1.69. The molecule has 1 aromatic carbocycles. The van der Waals surface area contributed by atoms with Crippen molar-refractivity contribution in [3.63, 3.8) is 0 Å². The molecule has 0 spiro atoms. The smallest absolute Gasteiger partial charge is 0.234 e. The lowest BCUT2D eigenvalue weighted by Gasteiger charge is -2.33. The van der Waals surface area contributed by atoms with Gasteiger partial charge in [0.15, 0.2) is 0 Å². The van der Waals surface area contributed by atoms with E-state index in [1.165, 1.54) is 0 Å². The Bertz CT molecular complexity index is 476. The van der Waals surface area contributed by atoms with Gasteiger partial charge in [0.2, 0.25) is 5.91 Å². The lowest BCUT2D eigenvalue weighted by atomic mass is 10.0. The van der Waals surface area contributed by atoms with Crippen LogP contribution in [0.2, 0.25) is 0 Å². The molecule has 0 aliphatic carbocycles. The molecule has 1 aliphatic rings. The third kappa shape index (κ3) is 5.94. The van der Waals surface area contributed by atoms with Gasteiger partial charge in [-0.25, -0.2) is 0 Å². The monoisotopic (exact) mass is 320 g/mol. The number of piperidine rings is 1. The van der Waals surface area contributed by atoms with Crippen LogP contribution >= 0.6 is 0 Å². The van der Waals surface area contributed by atoms with E-state index in [2.05, 4.69) is 10.2 Å². The highest BCUT2D eigenvalue weighted by Gasteiger charge is 2.23. The minimum absolute atomic E-state index is 0.0174. The molecule has 1 aliphatic heterocycles. The summed E-state index contributed by atoms with van der Waals surface area (Å²) >= 11 is 0. The number of hydrogen-bond donors (Lipinski definition) is 2. The average Bonchev–Trinajstić information content (AvgIpc) is 2.59. The number of nitrogens with one attached hydrogen (secondary N) is 1. The van der Waals surface area contributed by atoms with Crippen LogP contribution in [0.15, 0.2) is 24.3 Å². The molecule has 1 atom stereocenters. The van der Waals surface area contributed by atoms with Crippen LogP contribution in [0.25, 0.3) is 0 Å². The molecule has 0 radical (unpaired) electrons. The van der Waals surface area contributed by atoms with Gasteiger partial charge in [-0.2, -0.15) is 0 Å². The lowest BCUT2D eigenvalue weighted by Crippen LogP contribution is -2.46. The maximum absolute atomic E-state index is 12.1. The first-order chi connectivity index (χ1) is 11.2. The summed E-state index contributed by atoms with van der Waals surface area (Å²) in [6, 6.07) is 8.23. The van der Waals surface area contributed by atoms with Crippen LogP contribution in [0.3, 0.4) is 0 Å². The predicted molar refractivity (Wildman–Crippen MR) is 89.9 cm³/mol. The number of rotatable bonds is 8. The van der Waals surface area contributed by atoms with Gasteiger partial charge in [0, 0.05) is 19.2 Å². The van der Waals surface area contributed by atoms with E-state index in [9.17, 15) is 9.90 Å². The highest BCUT2D eigenvalue weighted by atomic mass is 16.5. The van der Waals surface area contributed by atoms with Gasteiger partial charge in [-0.15, -0.1) is 0 Å². The molecule has 0 bridgehead atoms. The molecule has 1 saturated heterocycles. The Balaban J connectivity index is 1.75. The number of likely N-dealkylation sites (tertiary alicyclic amines) is 1. The Morgan fingerprint density at radius 1 is 1.30 bits per heavy atom. The van der Waals surface area contributed by atoms with Gasteiger partial charge < -0.3 is 15.2 Å². The standard InChI is InChI=1S/C18H28N2O3/c1-2-23-14-16-8-6-15(7-9-16)11-19-18(22)12-20-10-4-3-5-17(20)13-21/h6-9,17,21H,2-5,10-14H2,1H3,(H,19,22). The van der Waals surface area contributed by atoms with E-state index >= 15 is 0 Å². The van der Waals surface area contributed by atoms with Crippen molar-refractivity contribution in [1.82, 2.24) is 10.2 Å². The summed E-state index contributed by atoms with van der Waals surface area (Å²) in [6.45, 7) is 5.25. The van der Waals surface area contributed by atoms with E-state index in [0.29, 0.717) is 26.3 Å². The zero-order valence-corrected chi connectivity index (χ0v) is 14.0. The number of benzene rings is 1. The number of carbonyl (C=O) groups is 1. The molecule has 0 saturated carbocycles. The maximum atomic E-state index is 12.1. The van der Waals surface area contributed by atoms with Gasteiger partial charge in [-0.05, 0) is 37.4 Å². The molecule has 5 heteroatoms. The SMILES string of the molecule is CCOCc1ccc(CNC(=O)CN2CCCCC2CO)cc1. The fourth-order valence-corrected chi connectivity index (χ4v) is 2.89. The summed E-state index contributed by atoms with van der Waals surface area (Å²) in [6.07, 6.45) is 3.22. The fraction of sp³-hybridized carbons (Fsp3) is 0.611. The van der Waals surface area contributed by atoms with Crippen molar-refractivity contribution < 1.29 is 14.6 Å². The van der Waals surface area contributed by atoms with Crippen molar-refractivity contribution in [1.29, 1.82) is 0 Å². The maximum Gasteiger partial charge on any atom is 0.234 e. The van der Waals surface area contributed by atoms with Crippen molar-refractivity contribution in [2.24, 2.45) is 0 Å². The fourth-order valence-electron chi connectivity index (χ4n) is 2.89. The van der Waals surface area contributed by atoms with Gasteiger partial charge in [0.25, 0.3) is 0 Å². The molecular weight excluding hydrogens is 292 g/mol. The Labute approximate surface area is 138 Å². The highest BCUT2D eigenvalue weighted by Crippen LogP contribution is 2.15. The van der Waals surface area contributed by atoms with Crippen LogP contribution in [-0.2, 0) is 22.7 Å². The first kappa shape index (κ1) is 17.9. The third-order valence-corrected chi connectivity index (χ3v) is 4.29. The van der Waals surface area contributed by atoms with Crippen molar-refractivity contribution in [2.45, 2.75) is 45.4 Å². The summed E-state index contributed by atoms with van der Waals surface area (Å²) in [5.74, 6) is 0.0174. The summed E-state index contributed by atoms with van der Waals surface area (Å²) < 4.78 is 5.37. The van der Waals surface area contributed by atoms with Gasteiger partial charge in [0.1, 0.15) is 0 Å². The Morgan fingerprint density at radius 2 is 2.04 bits per heavy atom. The normalized spacial score (nSPS) is 18.8. The number of aliphatic hydroxyl groups excluding tert-OH is 1.